The number of nitrogens with one attached hydrogen (secondary N) is 1. The molecule has 1 saturated heterocycles. The Morgan fingerprint density at radius 1 is 1.52 bits per heavy atom. The van der Waals surface area contributed by atoms with Gasteiger partial charge in [0, 0.05) is 45.2 Å². The molecule has 2 rings (SSSR count). The van der Waals surface area contributed by atoms with Gasteiger partial charge >= 0.3 is 0 Å². The summed E-state index contributed by atoms with van der Waals surface area (Å²) in [5.74, 6) is 0. The molecule has 1 aliphatic rings. The predicted molar refractivity (Wildman–Crippen MR) is 81.6 cm³/mol. The molecule has 120 valence electrons. The number of aryl methyl sites for hydroxylation is 1. The Labute approximate surface area is 127 Å². The fourth-order valence-corrected chi connectivity index (χ4v) is 3.84. The van der Waals surface area contributed by atoms with Gasteiger partial charge in [0.2, 0.25) is 10.0 Å². The number of hydrogen-bond acceptors (Lipinski definition) is 4. The van der Waals surface area contributed by atoms with Crippen LogP contribution in [0.5, 0.6) is 0 Å². The Hall–Kier alpha value is -0.890. The monoisotopic (exact) mass is 315 g/mol. The van der Waals surface area contributed by atoms with Crippen molar-refractivity contribution >= 4 is 10.0 Å². The van der Waals surface area contributed by atoms with Crippen molar-refractivity contribution in [3.63, 3.8) is 0 Å². The van der Waals surface area contributed by atoms with E-state index in [-0.39, 0.29) is 6.04 Å². The van der Waals surface area contributed by atoms with Gasteiger partial charge < -0.3 is 14.6 Å². The third-order valence-corrected chi connectivity index (χ3v) is 5.75. The smallest absolute Gasteiger partial charge is 0.244 e. The van der Waals surface area contributed by atoms with Crippen molar-refractivity contribution in [2.45, 2.75) is 43.8 Å². The van der Waals surface area contributed by atoms with Crippen LogP contribution in [0, 0.1) is 0 Å². The molecule has 0 spiro atoms. The van der Waals surface area contributed by atoms with E-state index in [0.717, 1.165) is 12.1 Å². The molecule has 1 aromatic rings. The van der Waals surface area contributed by atoms with E-state index in [2.05, 4.69) is 19.2 Å². The van der Waals surface area contributed by atoms with E-state index in [4.69, 9.17) is 4.74 Å². The van der Waals surface area contributed by atoms with Crippen LogP contribution in [-0.4, -0.2) is 49.6 Å². The highest BCUT2D eigenvalue weighted by Gasteiger charge is 2.31. The molecule has 1 unspecified atom stereocenters. The van der Waals surface area contributed by atoms with Crippen molar-refractivity contribution in [2.75, 3.05) is 20.3 Å². The number of rotatable bonds is 6. The maximum Gasteiger partial charge on any atom is 0.244 e. The summed E-state index contributed by atoms with van der Waals surface area (Å²) in [5, 5.41) is 3.30. The summed E-state index contributed by atoms with van der Waals surface area (Å²) in [6, 6.07) is 2.04. The van der Waals surface area contributed by atoms with Crippen molar-refractivity contribution in [3.8, 4) is 0 Å². The predicted octanol–water partition coefficient (Wildman–Crippen LogP) is 0.932. The van der Waals surface area contributed by atoms with Crippen LogP contribution in [0.2, 0.25) is 0 Å². The third-order valence-electron chi connectivity index (χ3n) is 3.87. The topological polar surface area (TPSA) is 63.6 Å². The number of hydrogen-bond donors (Lipinski definition) is 1. The summed E-state index contributed by atoms with van der Waals surface area (Å²) in [4.78, 5) is 0.347. The fraction of sp³-hybridized carbons (Fsp3) is 0.714. The van der Waals surface area contributed by atoms with Crippen LogP contribution in [0.1, 0.15) is 26.0 Å². The first kappa shape index (κ1) is 16.5. The van der Waals surface area contributed by atoms with Crippen LogP contribution in [0.15, 0.2) is 17.2 Å². The minimum absolute atomic E-state index is 0.0626. The van der Waals surface area contributed by atoms with Gasteiger partial charge in [-0.3, -0.25) is 0 Å². The molecule has 6 nitrogen and oxygen atoms in total. The zero-order chi connectivity index (χ0) is 15.6. The number of aromatic nitrogens is 1. The molecule has 7 heteroatoms. The highest BCUT2D eigenvalue weighted by atomic mass is 32.2. The average molecular weight is 315 g/mol. The number of nitrogens with zero attached hydrogens (tertiary/aromatic N) is 2. The van der Waals surface area contributed by atoms with E-state index in [1.165, 1.54) is 4.31 Å². The van der Waals surface area contributed by atoms with Crippen molar-refractivity contribution in [1.29, 1.82) is 0 Å². The lowest BCUT2D eigenvalue weighted by atomic mass is 10.3. The van der Waals surface area contributed by atoms with Gasteiger partial charge in [0.05, 0.1) is 12.6 Å². The molecule has 1 aromatic heterocycles. The molecule has 0 aromatic carbocycles. The van der Waals surface area contributed by atoms with E-state index in [1.54, 1.807) is 19.3 Å². The Morgan fingerprint density at radius 3 is 2.81 bits per heavy atom. The summed E-state index contributed by atoms with van der Waals surface area (Å²) in [6.07, 6.45) is 2.43. The number of ether oxygens (including phenoxy) is 1. The second-order valence-electron chi connectivity index (χ2n) is 5.85. The number of sulfonamides is 1. The molecule has 1 fully saturated rings. The largest absolute Gasteiger partial charge is 0.380 e. The summed E-state index contributed by atoms with van der Waals surface area (Å²) in [6.45, 7) is 5.88. The second-order valence-corrected chi connectivity index (χ2v) is 7.85. The van der Waals surface area contributed by atoms with Crippen molar-refractivity contribution < 1.29 is 13.2 Å². The first-order valence-corrected chi connectivity index (χ1v) is 8.70. The maximum absolute atomic E-state index is 12.7. The van der Waals surface area contributed by atoms with Crippen LogP contribution in [0.25, 0.3) is 0 Å². The van der Waals surface area contributed by atoms with E-state index >= 15 is 0 Å². The lowest BCUT2D eigenvalue weighted by molar-refractivity contribution is 0.181. The quantitative estimate of drug-likeness (QED) is 0.848. The molecule has 0 amide bonds. The van der Waals surface area contributed by atoms with E-state index in [0.29, 0.717) is 30.7 Å². The number of likely N-dealkylation sites (N-methyl/N-ethyl adjacent to an activating group) is 1. The summed E-state index contributed by atoms with van der Waals surface area (Å²) < 4.78 is 33.9. The van der Waals surface area contributed by atoms with Crippen molar-refractivity contribution in [1.82, 2.24) is 14.2 Å². The molecule has 21 heavy (non-hydrogen) atoms. The zero-order valence-corrected chi connectivity index (χ0v) is 14.0. The fourth-order valence-electron chi connectivity index (χ4n) is 2.37. The standard InChI is InChI=1S/C14H25N3O3S/c1-11(2)15-8-13-7-14(9-16(13)3)21(18,19)17(4)12-5-6-20-10-12/h7,9,11-12,15H,5-6,8,10H2,1-4H3. The molecule has 1 atom stereocenters. The van der Waals surface area contributed by atoms with Crippen molar-refractivity contribution in [3.05, 3.63) is 18.0 Å². The van der Waals surface area contributed by atoms with Crippen LogP contribution < -0.4 is 5.32 Å². The van der Waals surface area contributed by atoms with Gasteiger partial charge in [-0.25, -0.2) is 8.42 Å². The Balaban J connectivity index is 2.18. The zero-order valence-electron chi connectivity index (χ0n) is 13.2. The van der Waals surface area contributed by atoms with E-state index in [9.17, 15) is 8.42 Å². The lowest BCUT2D eigenvalue weighted by Crippen LogP contribution is -2.37. The van der Waals surface area contributed by atoms with E-state index in [1.807, 2.05) is 11.6 Å². The molecule has 0 bridgehead atoms. The molecule has 2 heterocycles. The van der Waals surface area contributed by atoms with Gasteiger partial charge in [0.1, 0.15) is 4.90 Å². The van der Waals surface area contributed by atoms with E-state index < -0.39 is 10.0 Å². The van der Waals surface area contributed by atoms with Crippen molar-refractivity contribution in [2.24, 2.45) is 7.05 Å². The molecular formula is C14H25N3O3S. The van der Waals surface area contributed by atoms with Crippen LogP contribution >= 0.6 is 0 Å². The highest BCUT2D eigenvalue weighted by Crippen LogP contribution is 2.22. The normalized spacial score (nSPS) is 19.8. The Kier molecular flexibility index (Phi) is 5.08. The van der Waals surface area contributed by atoms with Crippen LogP contribution in [0.4, 0.5) is 0 Å². The summed E-state index contributed by atoms with van der Waals surface area (Å²) in [7, 11) is 0.0448. The molecule has 1 N–H and O–H groups in total. The second kappa shape index (κ2) is 6.48. The highest BCUT2D eigenvalue weighted by molar-refractivity contribution is 7.89. The van der Waals surface area contributed by atoms with Gasteiger partial charge in [-0.2, -0.15) is 4.31 Å². The Bertz CT molecular complexity index is 574. The maximum atomic E-state index is 12.7. The molecule has 0 saturated carbocycles. The molecular weight excluding hydrogens is 290 g/mol. The van der Waals surface area contributed by atoms with Gasteiger partial charge in [-0.05, 0) is 12.5 Å². The first-order valence-electron chi connectivity index (χ1n) is 7.26. The molecule has 1 aliphatic heterocycles. The lowest BCUT2D eigenvalue weighted by Gasteiger charge is -2.21. The van der Waals surface area contributed by atoms with Gasteiger partial charge in [-0.15, -0.1) is 0 Å². The minimum Gasteiger partial charge on any atom is -0.380 e. The van der Waals surface area contributed by atoms with Gasteiger partial charge in [-0.1, -0.05) is 13.8 Å². The van der Waals surface area contributed by atoms with Gasteiger partial charge in [0.25, 0.3) is 0 Å². The summed E-state index contributed by atoms with van der Waals surface area (Å²) >= 11 is 0. The minimum atomic E-state index is -3.46. The van der Waals surface area contributed by atoms with Crippen LogP contribution in [-0.2, 0) is 28.4 Å². The average Bonchev–Trinajstić information content (AvgIpc) is 3.05. The SMILES string of the molecule is CC(C)NCc1cc(S(=O)(=O)N(C)C2CCOC2)cn1C. The Morgan fingerprint density at radius 2 is 2.24 bits per heavy atom. The van der Waals surface area contributed by atoms with Crippen LogP contribution in [0.3, 0.4) is 0 Å². The summed E-state index contributed by atoms with van der Waals surface area (Å²) in [5.41, 5.74) is 0.957. The molecule has 0 aliphatic carbocycles. The van der Waals surface area contributed by atoms with Gasteiger partial charge in [0.15, 0.2) is 0 Å². The third kappa shape index (κ3) is 3.66. The first-order chi connectivity index (χ1) is 9.82. The molecule has 0 radical (unpaired) electrons.